The number of hydrogen-bond acceptors (Lipinski definition) is 4. The van der Waals surface area contributed by atoms with Crippen LogP contribution in [0.4, 0.5) is 18.3 Å². The van der Waals surface area contributed by atoms with E-state index in [1.54, 1.807) is 6.07 Å². The molecule has 0 spiro atoms. The number of anilines is 1. The van der Waals surface area contributed by atoms with E-state index in [9.17, 15) is 18.0 Å². The Morgan fingerprint density at radius 2 is 2.15 bits per heavy atom. The topological polar surface area (TPSA) is 51.2 Å². The van der Waals surface area contributed by atoms with Crippen LogP contribution in [-0.4, -0.2) is 29.8 Å². The highest BCUT2D eigenvalue weighted by Gasteiger charge is 2.30. The van der Waals surface area contributed by atoms with Crippen LogP contribution in [0.15, 0.2) is 24.3 Å². The van der Waals surface area contributed by atoms with Crippen molar-refractivity contribution in [1.82, 2.24) is 4.98 Å². The summed E-state index contributed by atoms with van der Waals surface area (Å²) in [6, 6.07) is 7.27. The van der Waals surface area contributed by atoms with E-state index < -0.39 is 24.8 Å². The fraction of sp³-hybridized carbons (Fsp3) is 0.333. The zero-order valence-electron chi connectivity index (χ0n) is 10.4. The second-order valence-corrected chi connectivity index (χ2v) is 5.08. The third kappa shape index (κ3) is 3.91. The minimum Gasteiger partial charge on any atom is -0.359 e. The fourth-order valence-corrected chi connectivity index (χ4v) is 2.30. The number of hydrogen-bond donors (Lipinski definition) is 1. The lowest BCUT2D eigenvalue weighted by Crippen LogP contribution is -2.31. The highest BCUT2D eigenvalue weighted by atomic mass is 32.1. The number of para-hydroxylation sites is 1. The molecular formula is C12H11F3N2O2S. The Hall–Kier alpha value is -1.67. The van der Waals surface area contributed by atoms with E-state index in [1.165, 1.54) is 18.3 Å². The van der Waals surface area contributed by atoms with Gasteiger partial charge in [-0.3, -0.25) is 10.1 Å². The Bertz CT molecular complexity index is 579. The molecule has 0 aliphatic heterocycles. The standard InChI is InChI=1S/C12H11F3N2O2S/c1-7(19-6-12(13,14)15)10(18)17-11-16-8-4-2-3-5-9(8)20-11/h2-5,7H,6H2,1H3,(H,16,17,18)/t7-/m0/s1. The van der Waals surface area contributed by atoms with Gasteiger partial charge in [-0.05, 0) is 19.1 Å². The second kappa shape index (κ2) is 5.76. The Morgan fingerprint density at radius 3 is 2.80 bits per heavy atom. The van der Waals surface area contributed by atoms with Crippen molar-refractivity contribution in [2.24, 2.45) is 0 Å². The third-order valence-corrected chi connectivity index (χ3v) is 3.34. The summed E-state index contributed by atoms with van der Waals surface area (Å²) >= 11 is 1.25. The van der Waals surface area contributed by atoms with Crippen LogP contribution in [-0.2, 0) is 9.53 Å². The number of alkyl halides is 3. The summed E-state index contributed by atoms with van der Waals surface area (Å²) in [6.07, 6.45) is -5.66. The first-order valence-corrected chi connectivity index (χ1v) is 6.51. The van der Waals surface area contributed by atoms with Gasteiger partial charge in [-0.15, -0.1) is 0 Å². The zero-order valence-corrected chi connectivity index (χ0v) is 11.2. The predicted molar refractivity (Wildman–Crippen MR) is 69.7 cm³/mol. The molecule has 0 fully saturated rings. The van der Waals surface area contributed by atoms with Crippen LogP contribution >= 0.6 is 11.3 Å². The number of rotatable bonds is 4. The van der Waals surface area contributed by atoms with Gasteiger partial charge < -0.3 is 4.74 Å². The van der Waals surface area contributed by atoms with Crippen LogP contribution < -0.4 is 5.32 Å². The number of amides is 1. The summed E-state index contributed by atoms with van der Waals surface area (Å²) in [4.78, 5) is 15.8. The van der Waals surface area contributed by atoms with Gasteiger partial charge in [0.15, 0.2) is 5.13 Å². The molecule has 108 valence electrons. The number of aromatic nitrogens is 1. The number of fused-ring (bicyclic) bond motifs is 1. The molecule has 20 heavy (non-hydrogen) atoms. The minimum absolute atomic E-state index is 0.332. The molecule has 0 bridgehead atoms. The van der Waals surface area contributed by atoms with Crippen LogP contribution in [0.25, 0.3) is 10.2 Å². The van der Waals surface area contributed by atoms with Gasteiger partial charge in [0.05, 0.1) is 10.2 Å². The van der Waals surface area contributed by atoms with Crippen LogP contribution in [0.1, 0.15) is 6.92 Å². The van der Waals surface area contributed by atoms with Crippen molar-refractivity contribution in [3.63, 3.8) is 0 Å². The first-order chi connectivity index (χ1) is 9.35. The zero-order chi connectivity index (χ0) is 14.8. The van der Waals surface area contributed by atoms with Crippen molar-refractivity contribution in [3.8, 4) is 0 Å². The van der Waals surface area contributed by atoms with E-state index in [-0.39, 0.29) is 0 Å². The number of nitrogens with zero attached hydrogens (tertiary/aromatic N) is 1. The number of carbonyl (C=O) groups excluding carboxylic acids is 1. The number of halogens is 3. The molecule has 1 aromatic heterocycles. The lowest BCUT2D eigenvalue weighted by Gasteiger charge is -2.13. The van der Waals surface area contributed by atoms with Crippen LogP contribution in [0.2, 0.25) is 0 Å². The molecule has 2 aromatic rings. The van der Waals surface area contributed by atoms with Crippen LogP contribution in [0.3, 0.4) is 0 Å². The molecule has 1 atom stereocenters. The summed E-state index contributed by atoms with van der Waals surface area (Å²) in [5.41, 5.74) is 0.719. The monoisotopic (exact) mass is 304 g/mol. The summed E-state index contributed by atoms with van der Waals surface area (Å²) < 4.78 is 41.3. The van der Waals surface area contributed by atoms with E-state index in [2.05, 4.69) is 15.0 Å². The SMILES string of the molecule is C[C@H](OCC(F)(F)F)C(=O)Nc1nc2ccccc2s1. The Labute approximate surface area is 116 Å². The summed E-state index contributed by atoms with van der Waals surface area (Å²) in [5.74, 6) is -0.659. The average molecular weight is 304 g/mol. The molecule has 0 aliphatic rings. The summed E-state index contributed by atoms with van der Waals surface area (Å²) in [7, 11) is 0. The van der Waals surface area contributed by atoms with Gasteiger partial charge in [0.25, 0.3) is 5.91 Å². The predicted octanol–water partition coefficient (Wildman–Crippen LogP) is 3.20. The number of nitrogens with one attached hydrogen (secondary N) is 1. The number of carbonyl (C=O) groups is 1. The van der Waals surface area contributed by atoms with E-state index in [0.717, 1.165) is 10.2 Å². The molecule has 8 heteroatoms. The van der Waals surface area contributed by atoms with Gasteiger partial charge >= 0.3 is 6.18 Å². The maximum atomic E-state index is 12.0. The quantitative estimate of drug-likeness (QED) is 0.943. The van der Waals surface area contributed by atoms with Crippen molar-refractivity contribution >= 4 is 32.6 Å². The van der Waals surface area contributed by atoms with Crippen LogP contribution in [0.5, 0.6) is 0 Å². The Morgan fingerprint density at radius 1 is 1.45 bits per heavy atom. The molecule has 0 unspecified atom stereocenters. The van der Waals surface area contributed by atoms with Gasteiger partial charge in [0.1, 0.15) is 12.7 Å². The molecule has 2 rings (SSSR count). The van der Waals surface area contributed by atoms with E-state index in [4.69, 9.17) is 0 Å². The van der Waals surface area contributed by atoms with E-state index in [1.807, 2.05) is 18.2 Å². The number of thiazole rings is 1. The lowest BCUT2D eigenvalue weighted by molar-refractivity contribution is -0.184. The Balaban J connectivity index is 1.96. The maximum absolute atomic E-state index is 12.0. The number of ether oxygens (including phenoxy) is 1. The van der Waals surface area contributed by atoms with Gasteiger partial charge in [-0.1, -0.05) is 23.5 Å². The highest BCUT2D eigenvalue weighted by molar-refractivity contribution is 7.22. The molecule has 0 radical (unpaired) electrons. The molecule has 0 saturated carbocycles. The van der Waals surface area contributed by atoms with Gasteiger partial charge in [0, 0.05) is 0 Å². The number of benzene rings is 1. The summed E-state index contributed by atoms with van der Waals surface area (Å²) in [5, 5.41) is 2.78. The normalized spacial score (nSPS) is 13.4. The van der Waals surface area contributed by atoms with Crippen LogP contribution in [0, 0.1) is 0 Å². The smallest absolute Gasteiger partial charge is 0.359 e. The maximum Gasteiger partial charge on any atom is 0.411 e. The van der Waals surface area contributed by atoms with Gasteiger partial charge in [0.2, 0.25) is 0 Å². The first kappa shape index (κ1) is 14.7. The fourth-order valence-electron chi connectivity index (χ4n) is 1.43. The second-order valence-electron chi connectivity index (χ2n) is 4.04. The van der Waals surface area contributed by atoms with E-state index >= 15 is 0 Å². The molecule has 1 amide bonds. The van der Waals surface area contributed by atoms with Crippen molar-refractivity contribution in [2.45, 2.75) is 19.2 Å². The molecule has 4 nitrogen and oxygen atoms in total. The Kier molecular flexibility index (Phi) is 4.24. The average Bonchev–Trinajstić information content (AvgIpc) is 2.76. The third-order valence-electron chi connectivity index (χ3n) is 2.39. The molecule has 1 aromatic carbocycles. The molecule has 0 aliphatic carbocycles. The van der Waals surface area contributed by atoms with Crippen molar-refractivity contribution in [2.75, 3.05) is 11.9 Å². The van der Waals surface area contributed by atoms with Crippen molar-refractivity contribution < 1.29 is 22.7 Å². The van der Waals surface area contributed by atoms with Gasteiger partial charge in [-0.2, -0.15) is 13.2 Å². The largest absolute Gasteiger partial charge is 0.411 e. The molecule has 1 N–H and O–H groups in total. The van der Waals surface area contributed by atoms with E-state index in [0.29, 0.717) is 5.13 Å². The van der Waals surface area contributed by atoms with Crippen molar-refractivity contribution in [3.05, 3.63) is 24.3 Å². The van der Waals surface area contributed by atoms with Crippen molar-refractivity contribution in [1.29, 1.82) is 0 Å². The molecule has 0 saturated heterocycles. The minimum atomic E-state index is -4.45. The van der Waals surface area contributed by atoms with Gasteiger partial charge in [-0.25, -0.2) is 4.98 Å². The summed E-state index contributed by atoms with van der Waals surface area (Å²) in [6.45, 7) is -0.199. The lowest BCUT2D eigenvalue weighted by atomic mass is 10.3. The molecule has 1 heterocycles. The first-order valence-electron chi connectivity index (χ1n) is 5.70. The molecular weight excluding hydrogens is 293 g/mol. The highest BCUT2D eigenvalue weighted by Crippen LogP contribution is 2.25.